The lowest BCUT2D eigenvalue weighted by molar-refractivity contribution is -0.125. The number of nitrogens with zero attached hydrogens (tertiary/aromatic N) is 2. The Morgan fingerprint density at radius 2 is 1.86 bits per heavy atom. The molecule has 28 heavy (non-hydrogen) atoms. The lowest BCUT2D eigenvalue weighted by Gasteiger charge is -2.29. The van der Waals surface area contributed by atoms with E-state index in [-0.39, 0.29) is 49.5 Å². The van der Waals surface area contributed by atoms with Crippen molar-refractivity contribution in [2.24, 2.45) is 0 Å². The molecule has 0 atom stereocenters. The van der Waals surface area contributed by atoms with Crippen molar-refractivity contribution in [3.05, 3.63) is 24.3 Å². The van der Waals surface area contributed by atoms with Gasteiger partial charge in [-0.3, -0.25) is 14.4 Å². The average Bonchev–Trinajstić information content (AvgIpc) is 2.69. The zero-order valence-corrected chi connectivity index (χ0v) is 16.7. The van der Waals surface area contributed by atoms with Crippen LogP contribution in [0.5, 0.6) is 0 Å². The van der Waals surface area contributed by atoms with Crippen molar-refractivity contribution in [1.82, 2.24) is 15.5 Å². The zero-order valence-electron chi connectivity index (χ0n) is 15.9. The second-order valence-corrected chi connectivity index (χ2v) is 6.84. The normalized spacial score (nSPS) is 16.6. The minimum Gasteiger partial charge on any atom is -0.356 e. The number of hydrogen-bond donors (Lipinski definition) is 3. The van der Waals surface area contributed by atoms with Crippen molar-refractivity contribution >= 4 is 41.5 Å². The van der Waals surface area contributed by atoms with E-state index < -0.39 is 0 Å². The molecule has 0 saturated carbocycles. The molecule has 0 unspecified atom stereocenters. The average molecular weight is 410 g/mol. The number of fused-ring (bicyclic) bond motifs is 1. The molecule has 2 heterocycles. The summed E-state index contributed by atoms with van der Waals surface area (Å²) in [5.74, 6) is -0.564. The van der Waals surface area contributed by atoms with Gasteiger partial charge in [0, 0.05) is 45.6 Å². The Labute approximate surface area is 171 Å². The summed E-state index contributed by atoms with van der Waals surface area (Å²) in [5, 5.41) is 8.94. The van der Waals surface area contributed by atoms with Crippen LogP contribution in [-0.4, -0.2) is 68.4 Å². The number of hydrogen-bond acceptors (Lipinski definition) is 5. The Kier molecular flexibility index (Phi) is 8.69. The van der Waals surface area contributed by atoms with Crippen LogP contribution >= 0.6 is 12.4 Å². The quantitative estimate of drug-likeness (QED) is 0.573. The van der Waals surface area contributed by atoms with E-state index in [1.807, 2.05) is 6.07 Å². The van der Waals surface area contributed by atoms with Crippen LogP contribution in [0.25, 0.3) is 0 Å². The summed E-state index contributed by atoms with van der Waals surface area (Å²) in [6.07, 6.45) is 1.12. The predicted octanol–water partition coefficient (Wildman–Crippen LogP) is 0.585. The lowest BCUT2D eigenvalue weighted by atomic mass is 10.1. The van der Waals surface area contributed by atoms with Crippen LogP contribution in [0.3, 0.4) is 0 Å². The van der Waals surface area contributed by atoms with E-state index >= 15 is 0 Å². The second-order valence-electron chi connectivity index (χ2n) is 6.84. The highest BCUT2D eigenvalue weighted by Crippen LogP contribution is 2.29. The molecule has 3 amide bonds. The fourth-order valence-electron chi connectivity index (χ4n) is 3.36. The van der Waals surface area contributed by atoms with Gasteiger partial charge in [-0.25, -0.2) is 0 Å². The Hall–Kier alpha value is -2.16. The minimum absolute atomic E-state index is 0. The first-order valence-corrected chi connectivity index (χ1v) is 9.52. The first-order chi connectivity index (χ1) is 13.1. The third kappa shape index (κ3) is 6.19. The van der Waals surface area contributed by atoms with Crippen molar-refractivity contribution in [2.45, 2.75) is 19.3 Å². The molecule has 2 aliphatic heterocycles. The van der Waals surface area contributed by atoms with Crippen LogP contribution in [0.4, 0.5) is 11.4 Å². The summed E-state index contributed by atoms with van der Waals surface area (Å²) in [6, 6.07) is 7.18. The van der Waals surface area contributed by atoms with Gasteiger partial charge in [-0.05, 0) is 25.1 Å². The topological polar surface area (TPSA) is 93.8 Å². The monoisotopic (exact) mass is 409 g/mol. The zero-order chi connectivity index (χ0) is 19.1. The standard InChI is InChI=1S/C19H27N5O3.ClH/c25-17(21-8-3-11-23-12-9-20-10-13-23)6-7-19(27)24-14-18(26)22-15-4-1-2-5-16(15)24;/h1-2,4-5,20H,3,6-14H2,(H,21,25)(H,22,26);1H. The number of nitrogens with one attached hydrogen (secondary N) is 3. The molecule has 8 nitrogen and oxygen atoms in total. The van der Waals surface area contributed by atoms with Crippen LogP contribution < -0.4 is 20.9 Å². The van der Waals surface area contributed by atoms with Gasteiger partial charge >= 0.3 is 0 Å². The number of benzene rings is 1. The molecular weight excluding hydrogens is 382 g/mol. The molecule has 1 aromatic carbocycles. The lowest BCUT2D eigenvalue weighted by Crippen LogP contribution is -2.44. The molecule has 3 rings (SSSR count). The maximum atomic E-state index is 12.5. The highest BCUT2D eigenvalue weighted by atomic mass is 35.5. The maximum absolute atomic E-state index is 12.5. The van der Waals surface area contributed by atoms with E-state index in [2.05, 4.69) is 20.9 Å². The third-order valence-corrected chi connectivity index (χ3v) is 4.82. The third-order valence-electron chi connectivity index (χ3n) is 4.82. The number of carbonyl (C=O) groups is 3. The van der Waals surface area contributed by atoms with Gasteiger partial charge in [0.05, 0.1) is 11.4 Å². The van der Waals surface area contributed by atoms with Crippen molar-refractivity contribution < 1.29 is 14.4 Å². The van der Waals surface area contributed by atoms with Crippen molar-refractivity contribution in [1.29, 1.82) is 0 Å². The Balaban J connectivity index is 0.00000280. The van der Waals surface area contributed by atoms with Crippen molar-refractivity contribution in [2.75, 3.05) is 56.0 Å². The molecule has 2 aliphatic rings. The molecule has 9 heteroatoms. The summed E-state index contributed by atoms with van der Waals surface area (Å²) in [5.41, 5.74) is 1.30. The number of amides is 3. The smallest absolute Gasteiger partial charge is 0.244 e. The van der Waals surface area contributed by atoms with Gasteiger partial charge in [0.1, 0.15) is 6.54 Å². The summed E-state index contributed by atoms with van der Waals surface area (Å²) in [7, 11) is 0. The van der Waals surface area contributed by atoms with Crippen LogP contribution in [0, 0.1) is 0 Å². The molecule has 0 bridgehead atoms. The van der Waals surface area contributed by atoms with Gasteiger partial charge in [-0.1, -0.05) is 12.1 Å². The Morgan fingerprint density at radius 1 is 1.11 bits per heavy atom. The highest BCUT2D eigenvalue weighted by molar-refractivity contribution is 6.10. The van der Waals surface area contributed by atoms with Crippen LogP contribution in [-0.2, 0) is 14.4 Å². The summed E-state index contributed by atoms with van der Waals surface area (Å²) in [6.45, 7) is 5.72. The van der Waals surface area contributed by atoms with Crippen LogP contribution in [0.1, 0.15) is 19.3 Å². The molecule has 3 N–H and O–H groups in total. The Bertz CT molecular complexity index is 694. The molecule has 1 saturated heterocycles. The second kappa shape index (κ2) is 11.0. The fourth-order valence-corrected chi connectivity index (χ4v) is 3.36. The van der Waals surface area contributed by atoms with Gasteiger partial charge in [-0.2, -0.15) is 0 Å². The number of para-hydroxylation sites is 2. The number of anilines is 2. The Morgan fingerprint density at radius 3 is 2.64 bits per heavy atom. The van der Waals surface area contributed by atoms with Gasteiger partial charge in [0.2, 0.25) is 17.7 Å². The number of halogens is 1. The van der Waals surface area contributed by atoms with Gasteiger partial charge in [0.15, 0.2) is 0 Å². The number of piperazine rings is 1. The molecular formula is C19H28ClN5O3. The molecule has 0 aliphatic carbocycles. The molecule has 0 spiro atoms. The summed E-state index contributed by atoms with van der Waals surface area (Å²) < 4.78 is 0. The van der Waals surface area contributed by atoms with E-state index in [4.69, 9.17) is 0 Å². The summed E-state index contributed by atoms with van der Waals surface area (Å²) >= 11 is 0. The van der Waals surface area contributed by atoms with Crippen molar-refractivity contribution in [3.63, 3.8) is 0 Å². The SMILES string of the molecule is Cl.O=C(CCC(=O)N1CC(=O)Nc2ccccc21)NCCCN1CCNCC1. The first kappa shape index (κ1) is 22.1. The molecule has 1 fully saturated rings. The largest absolute Gasteiger partial charge is 0.356 e. The van der Waals surface area contributed by atoms with E-state index in [0.29, 0.717) is 17.9 Å². The highest BCUT2D eigenvalue weighted by Gasteiger charge is 2.26. The first-order valence-electron chi connectivity index (χ1n) is 9.52. The molecule has 154 valence electrons. The van der Waals surface area contributed by atoms with E-state index in [1.54, 1.807) is 18.2 Å². The predicted molar refractivity (Wildman–Crippen MR) is 111 cm³/mol. The number of rotatable bonds is 7. The summed E-state index contributed by atoms with van der Waals surface area (Å²) in [4.78, 5) is 40.1. The molecule has 0 aromatic heterocycles. The van der Waals surface area contributed by atoms with E-state index in [0.717, 1.165) is 39.1 Å². The van der Waals surface area contributed by atoms with E-state index in [9.17, 15) is 14.4 Å². The molecule has 1 aromatic rings. The van der Waals surface area contributed by atoms with Gasteiger partial charge in [-0.15, -0.1) is 12.4 Å². The molecule has 0 radical (unpaired) electrons. The van der Waals surface area contributed by atoms with E-state index in [1.165, 1.54) is 4.90 Å². The van der Waals surface area contributed by atoms with Gasteiger partial charge < -0.3 is 25.8 Å². The van der Waals surface area contributed by atoms with Crippen LogP contribution in [0.15, 0.2) is 24.3 Å². The number of carbonyl (C=O) groups excluding carboxylic acids is 3. The minimum atomic E-state index is -0.223. The fraction of sp³-hybridized carbons (Fsp3) is 0.526. The van der Waals surface area contributed by atoms with Crippen LogP contribution in [0.2, 0.25) is 0 Å². The van der Waals surface area contributed by atoms with Crippen molar-refractivity contribution in [3.8, 4) is 0 Å². The maximum Gasteiger partial charge on any atom is 0.244 e. The van der Waals surface area contributed by atoms with Gasteiger partial charge in [0.25, 0.3) is 0 Å².